The zero-order valence-corrected chi connectivity index (χ0v) is 17.2. The monoisotopic (exact) mass is 399 g/mol. The summed E-state index contributed by atoms with van der Waals surface area (Å²) in [5.41, 5.74) is 1.01. The van der Waals surface area contributed by atoms with E-state index in [1.807, 2.05) is 0 Å². The van der Waals surface area contributed by atoms with E-state index in [9.17, 15) is 14.4 Å². The van der Waals surface area contributed by atoms with E-state index < -0.39 is 6.04 Å². The lowest BCUT2D eigenvalue weighted by molar-refractivity contribution is -0.138. The van der Waals surface area contributed by atoms with Crippen LogP contribution in [0, 0.1) is 10.8 Å². The van der Waals surface area contributed by atoms with Crippen molar-refractivity contribution >= 4 is 29.0 Å². The smallest absolute Gasteiger partial charge is 0.243 e. The third kappa shape index (κ3) is 4.81. The molecule has 1 aromatic heterocycles. The number of nitrogens with zero attached hydrogens (tertiary/aromatic N) is 2. The number of carbonyl (C=O) groups is 3. The molecule has 8 heteroatoms. The Labute approximate surface area is 171 Å². The highest BCUT2D eigenvalue weighted by atomic mass is 16.2. The lowest BCUT2D eigenvalue weighted by atomic mass is 9.68. The number of anilines is 1. The average Bonchev–Trinajstić information content (AvgIpc) is 3.14. The van der Waals surface area contributed by atoms with Gasteiger partial charge in [-0.25, -0.2) is 0 Å². The van der Waals surface area contributed by atoms with Gasteiger partial charge in [-0.3, -0.25) is 24.8 Å². The summed E-state index contributed by atoms with van der Waals surface area (Å²) in [6, 6.07) is 1.34. The van der Waals surface area contributed by atoms with E-state index in [1.165, 1.54) is 19.3 Å². The zero-order chi connectivity index (χ0) is 21.2. The molecule has 1 saturated heterocycles. The maximum Gasteiger partial charge on any atom is 0.243 e. The summed E-state index contributed by atoms with van der Waals surface area (Å²) in [6.07, 6.45) is 6.39. The molecule has 1 aliphatic carbocycles. The first kappa shape index (κ1) is 21.0. The molecule has 2 heterocycles. The number of Topliss-reactive ketones (excluding diaryl/α,β-unsaturated/α-hetero) is 1. The van der Waals surface area contributed by atoms with Crippen molar-refractivity contribution in [1.29, 1.82) is 5.41 Å². The number of likely N-dealkylation sites (tertiary alicyclic amines) is 1. The fourth-order valence-corrected chi connectivity index (χ4v) is 4.23. The van der Waals surface area contributed by atoms with Crippen molar-refractivity contribution in [3.8, 4) is 0 Å². The van der Waals surface area contributed by atoms with Crippen LogP contribution in [0.3, 0.4) is 0 Å². The van der Waals surface area contributed by atoms with Crippen LogP contribution < -0.4 is 10.6 Å². The molecule has 0 bridgehead atoms. The summed E-state index contributed by atoms with van der Waals surface area (Å²) in [5, 5.41) is 14.0. The molecule has 0 radical (unpaired) electrons. The maximum atomic E-state index is 12.8. The van der Waals surface area contributed by atoms with Gasteiger partial charge in [-0.15, -0.1) is 0 Å². The first-order valence-corrected chi connectivity index (χ1v) is 10.1. The molecule has 0 spiro atoms. The summed E-state index contributed by atoms with van der Waals surface area (Å²) in [4.78, 5) is 42.6. The molecule has 1 saturated carbocycles. The Morgan fingerprint density at radius 2 is 2.03 bits per heavy atom. The Morgan fingerprint density at radius 3 is 2.69 bits per heavy atom. The number of aromatic nitrogens is 1. The molecule has 1 unspecified atom stereocenters. The van der Waals surface area contributed by atoms with Gasteiger partial charge in [0.15, 0.2) is 5.78 Å². The summed E-state index contributed by atoms with van der Waals surface area (Å²) < 4.78 is 0. The van der Waals surface area contributed by atoms with E-state index in [0.717, 1.165) is 19.3 Å². The molecule has 29 heavy (non-hydrogen) atoms. The van der Waals surface area contributed by atoms with Crippen molar-refractivity contribution in [2.45, 2.75) is 58.5 Å². The Kier molecular flexibility index (Phi) is 6.00. The predicted molar refractivity (Wildman–Crippen MR) is 110 cm³/mol. The van der Waals surface area contributed by atoms with Gasteiger partial charge in [-0.05, 0) is 37.2 Å². The molecule has 1 aromatic rings. The van der Waals surface area contributed by atoms with Crippen LogP contribution in [0.5, 0.6) is 0 Å². The Balaban J connectivity index is 1.58. The van der Waals surface area contributed by atoms with Crippen molar-refractivity contribution in [1.82, 2.24) is 15.2 Å². The molecular weight excluding hydrogens is 370 g/mol. The van der Waals surface area contributed by atoms with Crippen molar-refractivity contribution in [3.63, 3.8) is 0 Å². The molecule has 1 aliphatic heterocycles. The van der Waals surface area contributed by atoms with Crippen molar-refractivity contribution in [3.05, 3.63) is 24.0 Å². The fourth-order valence-electron chi connectivity index (χ4n) is 4.23. The number of amides is 2. The number of hydrogen-bond acceptors (Lipinski definition) is 6. The Hall–Kier alpha value is -2.77. The number of pyridine rings is 1. The van der Waals surface area contributed by atoms with Gasteiger partial charge in [0.2, 0.25) is 11.8 Å². The molecule has 1 atom stereocenters. The first-order valence-electron chi connectivity index (χ1n) is 10.1. The third-order valence-corrected chi connectivity index (χ3v) is 5.69. The van der Waals surface area contributed by atoms with Crippen LogP contribution in [-0.4, -0.2) is 58.4 Å². The third-order valence-electron chi connectivity index (χ3n) is 5.69. The number of hydrogen-bond donors (Lipinski definition) is 3. The molecule has 0 aromatic carbocycles. The lowest BCUT2D eigenvalue weighted by Gasteiger charge is -2.43. The predicted octanol–water partition coefficient (Wildman–Crippen LogP) is 1.75. The fraction of sp³-hybridized carbons (Fsp3) is 0.571. The van der Waals surface area contributed by atoms with Gasteiger partial charge >= 0.3 is 0 Å². The van der Waals surface area contributed by atoms with Crippen molar-refractivity contribution in [2.24, 2.45) is 5.41 Å². The molecule has 2 fully saturated rings. The maximum absolute atomic E-state index is 12.8. The minimum Gasteiger partial charge on any atom is -0.374 e. The second-order valence-electron chi connectivity index (χ2n) is 8.73. The first-order chi connectivity index (χ1) is 13.7. The average molecular weight is 399 g/mol. The van der Waals surface area contributed by atoms with E-state index >= 15 is 0 Å². The van der Waals surface area contributed by atoms with Crippen LogP contribution in [0.4, 0.5) is 5.69 Å². The van der Waals surface area contributed by atoms with Gasteiger partial charge in [0.25, 0.3) is 0 Å². The highest BCUT2D eigenvalue weighted by Gasteiger charge is 2.40. The highest BCUT2D eigenvalue weighted by molar-refractivity contribution is 6.45. The minimum absolute atomic E-state index is 0.0237. The van der Waals surface area contributed by atoms with E-state index in [2.05, 4.69) is 29.5 Å². The molecule has 8 nitrogen and oxygen atoms in total. The summed E-state index contributed by atoms with van der Waals surface area (Å²) in [5.74, 6) is -0.612. The van der Waals surface area contributed by atoms with E-state index in [4.69, 9.17) is 5.41 Å². The van der Waals surface area contributed by atoms with Crippen LogP contribution in [0.25, 0.3) is 0 Å². The van der Waals surface area contributed by atoms with Gasteiger partial charge in [0.1, 0.15) is 11.8 Å². The largest absolute Gasteiger partial charge is 0.374 e. The normalized spacial score (nSPS) is 20.7. The highest BCUT2D eigenvalue weighted by Crippen LogP contribution is 2.39. The summed E-state index contributed by atoms with van der Waals surface area (Å²) >= 11 is 0. The van der Waals surface area contributed by atoms with Crippen LogP contribution in [0.2, 0.25) is 0 Å². The van der Waals surface area contributed by atoms with Crippen LogP contribution in [-0.2, 0) is 14.4 Å². The van der Waals surface area contributed by atoms with Crippen LogP contribution in [0.15, 0.2) is 18.5 Å². The minimum atomic E-state index is -0.433. The molecule has 2 aliphatic rings. The molecule has 156 valence electrons. The number of carbonyl (C=O) groups excluding carboxylic acids is 3. The van der Waals surface area contributed by atoms with Crippen molar-refractivity contribution < 1.29 is 14.4 Å². The molecular formula is C21H29N5O3. The number of rotatable bonds is 7. The van der Waals surface area contributed by atoms with E-state index in [-0.39, 0.29) is 41.3 Å². The summed E-state index contributed by atoms with van der Waals surface area (Å²) in [6.45, 7) is 6.23. The second kappa shape index (κ2) is 8.31. The van der Waals surface area contributed by atoms with Crippen LogP contribution >= 0.6 is 0 Å². The summed E-state index contributed by atoms with van der Waals surface area (Å²) in [7, 11) is 0. The van der Waals surface area contributed by atoms with Gasteiger partial charge in [-0.2, -0.15) is 0 Å². The Morgan fingerprint density at radius 1 is 1.31 bits per heavy atom. The number of nitrogens with one attached hydrogen (secondary N) is 3. The topological polar surface area (TPSA) is 115 Å². The second-order valence-corrected chi connectivity index (χ2v) is 8.73. The van der Waals surface area contributed by atoms with Gasteiger partial charge < -0.3 is 15.5 Å². The Bertz CT molecular complexity index is 827. The quantitative estimate of drug-likeness (QED) is 0.604. The SMILES string of the molecule is CC(=O)C(=N)c1ccncc1NCC(=O)N1CCCC1C(=O)NC1CC(C)(C)C1. The van der Waals surface area contributed by atoms with Gasteiger partial charge in [0, 0.05) is 31.3 Å². The van der Waals surface area contributed by atoms with Crippen molar-refractivity contribution in [2.75, 3.05) is 18.4 Å². The number of ketones is 1. The van der Waals surface area contributed by atoms with E-state index in [0.29, 0.717) is 24.2 Å². The standard InChI is InChI=1S/C21H29N5O3/c1-13(27)19(22)15-6-7-23-11-16(15)24-12-18(28)26-8-4-5-17(26)20(29)25-14-9-21(2,3)10-14/h6-7,11,14,17,22,24H,4-5,8-10,12H2,1-3H3,(H,25,29). The molecule has 3 rings (SSSR count). The van der Waals surface area contributed by atoms with Crippen LogP contribution in [0.1, 0.15) is 52.0 Å². The van der Waals surface area contributed by atoms with Gasteiger partial charge in [-0.1, -0.05) is 13.8 Å². The molecule has 3 N–H and O–H groups in total. The lowest BCUT2D eigenvalue weighted by Crippen LogP contribution is -2.54. The molecule has 2 amide bonds. The van der Waals surface area contributed by atoms with Gasteiger partial charge in [0.05, 0.1) is 18.4 Å². The zero-order valence-electron chi connectivity index (χ0n) is 17.2. The van der Waals surface area contributed by atoms with E-state index in [1.54, 1.807) is 11.0 Å².